The molecule has 2 N–H and O–H groups in total. The minimum atomic E-state index is 0.393. The molecule has 0 bridgehead atoms. The van der Waals surface area contributed by atoms with Crippen molar-refractivity contribution in [2.45, 2.75) is 50.3 Å². The number of rotatable bonds is 3. The minimum absolute atomic E-state index is 0.393. The minimum Gasteiger partial charge on any atom is -0.330 e. The van der Waals surface area contributed by atoms with Gasteiger partial charge in [0.25, 0.3) is 0 Å². The lowest BCUT2D eigenvalue weighted by atomic mass is 9.69. The number of hydrogen-bond acceptors (Lipinski definition) is 4. The lowest BCUT2D eigenvalue weighted by molar-refractivity contribution is 0.157. The third kappa shape index (κ3) is 3.93. The van der Waals surface area contributed by atoms with E-state index in [-0.39, 0.29) is 0 Å². The van der Waals surface area contributed by atoms with Crippen molar-refractivity contribution in [2.75, 3.05) is 6.54 Å². The molecular weight excluding hydrogens is 254 g/mol. The van der Waals surface area contributed by atoms with Crippen LogP contribution in [0.1, 0.15) is 40.0 Å². The first-order valence-corrected chi connectivity index (χ1v) is 8.01. The third-order valence-electron chi connectivity index (χ3n) is 4.28. The van der Waals surface area contributed by atoms with E-state index >= 15 is 0 Å². The van der Waals surface area contributed by atoms with Gasteiger partial charge in [-0.25, -0.2) is 9.97 Å². The average molecular weight is 279 g/mol. The molecule has 2 rings (SSSR count). The smallest absolute Gasteiger partial charge is 0.116 e. The zero-order valence-electron chi connectivity index (χ0n) is 12.2. The van der Waals surface area contributed by atoms with E-state index in [1.165, 1.54) is 19.3 Å². The highest BCUT2D eigenvalue weighted by Crippen LogP contribution is 2.45. The summed E-state index contributed by atoms with van der Waals surface area (Å²) in [6, 6.07) is 2.00. The summed E-state index contributed by atoms with van der Waals surface area (Å²) in [5.41, 5.74) is 6.35. The standard InChI is InChI=1S/C15H25N3S/c1-15(2,3)12-5-4-11(9-16)13(8-12)19-14-6-7-17-10-18-14/h6-7,10-13H,4-5,8-9,16H2,1-3H3. The summed E-state index contributed by atoms with van der Waals surface area (Å²) >= 11 is 1.89. The summed E-state index contributed by atoms with van der Waals surface area (Å²) in [4.78, 5) is 8.32. The SMILES string of the molecule is CC(C)(C)C1CCC(CN)C(Sc2ccncn2)C1. The van der Waals surface area contributed by atoms with E-state index in [1.807, 2.05) is 24.0 Å². The van der Waals surface area contributed by atoms with Crippen molar-refractivity contribution in [1.29, 1.82) is 0 Å². The first kappa shape index (κ1) is 14.8. The summed E-state index contributed by atoms with van der Waals surface area (Å²) in [7, 11) is 0. The second kappa shape index (κ2) is 6.23. The molecule has 19 heavy (non-hydrogen) atoms. The Balaban J connectivity index is 2.06. The summed E-state index contributed by atoms with van der Waals surface area (Å²) < 4.78 is 0. The van der Waals surface area contributed by atoms with Crippen molar-refractivity contribution in [3.05, 3.63) is 18.6 Å². The Labute approximate surface area is 120 Å². The van der Waals surface area contributed by atoms with Crippen LogP contribution in [0.5, 0.6) is 0 Å². The number of nitrogens with two attached hydrogens (primary N) is 1. The average Bonchev–Trinajstić information content (AvgIpc) is 2.39. The summed E-state index contributed by atoms with van der Waals surface area (Å²) in [6.07, 6.45) is 7.26. The highest BCUT2D eigenvalue weighted by atomic mass is 32.2. The summed E-state index contributed by atoms with van der Waals surface area (Å²) in [5, 5.41) is 1.67. The van der Waals surface area contributed by atoms with Crippen molar-refractivity contribution in [3.8, 4) is 0 Å². The van der Waals surface area contributed by atoms with Crippen molar-refractivity contribution in [3.63, 3.8) is 0 Å². The lowest BCUT2D eigenvalue weighted by Crippen LogP contribution is -2.36. The van der Waals surface area contributed by atoms with Gasteiger partial charge in [-0.2, -0.15) is 0 Å². The van der Waals surface area contributed by atoms with Crippen LogP contribution >= 0.6 is 11.8 Å². The van der Waals surface area contributed by atoms with Crippen LogP contribution in [0.3, 0.4) is 0 Å². The third-order valence-corrected chi connectivity index (χ3v) is 5.65. The zero-order chi connectivity index (χ0) is 13.9. The Morgan fingerprint density at radius 3 is 2.74 bits per heavy atom. The van der Waals surface area contributed by atoms with E-state index in [2.05, 4.69) is 30.7 Å². The van der Waals surface area contributed by atoms with E-state index in [9.17, 15) is 0 Å². The molecule has 0 radical (unpaired) electrons. The molecule has 3 nitrogen and oxygen atoms in total. The number of thioether (sulfide) groups is 1. The predicted octanol–water partition coefficient (Wildman–Crippen LogP) is 3.36. The Morgan fingerprint density at radius 2 is 2.16 bits per heavy atom. The molecule has 0 aliphatic heterocycles. The maximum atomic E-state index is 5.96. The van der Waals surface area contributed by atoms with Crippen LogP contribution in [0.15, 0.2) is 23.6 Å². The highest BCUT2D eigenvalue weighted by Gasteiger charge is 2.35. The second-order valence-electron chi connectivity index (χ2n) is 6.58. The fourth-order valence-electron chi connectivity index (χ4n) is 2.90. The Bertz CT molecular complexity index is 388. The van der Waals surface area contributed by atoms with Gasteiger partial charge in [0.1, 0.15) is 6.33 Å². The van der Waals surface area contributed by atoms with Crippen LogP contribution in [0.4, 0.5) is 0 Å². The second-order valence-corrected chi connectivity index (χ2v) is 7.84. The molecule has 106 valence electrons. The first-order valence-electron chi connectivity index (χ1n) is 7.13. The van der Waals surface area contributed by atoms with Crippen LogP contribution in [0.25, 0.3) is 0 Å². The molecule has 1 aromatic rings. The van der Waals surface area contributed by atoms with Gasteiger partial charge in [-0.05, 0) is 49.1 Å². The quantitative estimate of drug-likeness (QED) is 0.862. The molecule has 3 atom stereocenters. The molecule has 0 saturated heterocycles. The largest absolute Gasteiger partial charge is 0.330 e. The van der Waals surface area contributed by atoms with Gasteiger partial charge < -0.3 is 5.73 Å². The lowest BCUT2D eigenvalue weighted by Gasteiger charge is -2.41. The van der Waals surface area contributed by atoms with E-state index in [1.54, 1.807) is 6.33 Å². The van der Waals surface area contributed by atoms with Crippen LogP contribution in [-0.2, 0) is 0 Å². The zero-order valence-corrected chi connectivity index (χ0v) is 13.0. The molecule has 3 unspecified atom stereocenters. The van der Waals surface area contributed by atoms with Gasteiger partial charge in [-0.15, -0.1) is 11.8 Å². The van der Waals surface area contributed by atoms with Gasteiger partial charge in [-0.3, -0.25) is 0 Å². The topological polar surface area (TPSA) is 51.8 Å². The number of nitrogens with zero attached hydrogens (tertiary/aromatic N) is 2. The maximum absolute atomic E-state index is 5.96. The molecule has 0 spiro atoms. The Kier molecular flexibility index (Phi) is 4.85. The molecule has 1 aliphatic rings. The van der Waals surface area contributed by atoms with E-state index < -0.39 is 0 Å². The van der Waals surface area contributed by atoms with Crippen molar-refractivity contribution >= 4 is 11.8 Å². The van der Waals surface area contributed by atoms with Crippen LogP contribution in [-0.4, -0.2) is 21.8 Å². The van der Waals surface area contributed by atoms with Crippen molar-refractivity contribution in [2.24, 2.45) is 23.0 Å². The van der Waals surface area contributed by atoms with E-state index in [0.717, 1.165) is 17.5 Å². The van der Waals surface area contributed by atoms with E-state index in [0.29, 0.717) is 16.6 Å². The first-order chi connectivity index (χ1) is 9.00. The monoisotopic (exact) mass is 279 g/mol. The van der Waals surface area contributed by atoms with Gasteiger partial charge >= 0.3 is 0 Å². The molecule has 4 heteroatoms. The molecule has 1 saturated carbocycles. The number of hydrogen-bond donors (Lipinski definition) is 1. The van der Waals surface area contributed by atoms with Crippen LogP contribution < -0.4 is 5.73 Å². The highest BCUT2D eigenvalue weighted by molar-refractivity contribution is 7.99. The Hall–Kier alpha value is -0.610. The van der Waals surface area contributed by atoms with Crippen molar-refractivity contribution < 1.29 is 0 Å². The van der Waals surface area contributed by atoms with Gasteiger partial charge in [-0.1, -0.05) is 20.8 Å². The summed E-state index contributed by atoms with van der Waals surface area (Å²) in [5.74, 6) is 1.41. The van der Waals surface area contributed by atoms with Gasteiger partial charge in [0.15, 0.2) is 0 Å². The predicted molar refractivity (Wildman–Crippen MR) is 81.0 cm³/mol. The molecule has 1 fully saturated rings. The molecule has 0 amide bonds. The molecule has 1 heterocycles. The van der Waals surface area contributed by atoms with Gasteiger partial charge in [0.2, 0.25) is 0 Å². The molecular formula is C15H25N3S. The fraction of sp³-hybridized carbons (Fsp3) is 0.733. The molecule has 0 aromatic carbocycles. The summed E-state index contributed by atoms with van der Waals surface area (Å²) in [6.45, 7) is 7.85. The van der Waals surface area contributed by atoms with Gasteiger partial charge in [0, 0.05) is 11.4 Å². The number of aromatic nitrogens is 2. The van der Waals surface area contributed by atoms with Crippen LogP contribution in [0, 0.1) is 17.3 Å². The van der Waals surface area contributed by atoms with Crippen molar-refractivity contribution in [1.82, 2.24) is 9.97 Å². The molecule has 1 aromatic heterocycles. The van der Waals surface area contributed by atoms with E-state index in [4.69, 9.17) is 5.73 Å². The fourth-order valence-corrected chi connectivity index (χ4v) is 4.22. The molecule has 1 aliphatic carbocycles. The normalized spacial score (nSPS) is 28.3. The maximum Gasteiger partial charge on any atom is 0.116 e. The Morgan fingerprint density at radius 1 is 1.37 bits per heavy atom. The van der Waals surface area contributed by atoms with Crippen LogP contribution in [0.2, 0.25) is 0 Å². The van der Waals surface area contributed by atoms with Gasteiger partial charge in [0.05, 0.1) is 5.03 Å².